The predicted molar refractivity (Wildman–Crippen MR) is 118 cm³/mol. The summed E-state index contributed by atoms with van der Waals surface area (Å²) in [7, 11) is 5.54. The van der Waals surface area contributed by atoms with Crippen LogP contribution >= 0.6 is 0 Å². The van der Waals surface area contributed by atoms with E-state index in [4.69, 9.17) is 0 Å². The van der Waals surface area contributed by atoms with E-state index in [-0.39, 0.29) is 12.5 Å². The number of nitrogens with one attached hydrogen (secondary N) is 1. The predicted octanol–water partition coefficient (Wildman–Crippen LogP) is 2.94. The number of likely N-dealkylation sites (N-methyl/N-ethyl adjacent to an activating group) is 1. The maximum absolute atomic E-state index is 11.9. The normalized spacial score (nSPS) is 14.7. The number of benzene rings is 1. The van der Waals surface area contributed by atoms with Crippen LogP contribution in [0.5, 0.6) is 0 Å². The van der Waals surface area contributed by atoms with Crippen LogP contribution in [-0.4, -0.2) is 69.0 Å². The molecule has 0 unspecified atom stereocenters. The highest BCUT2D eigenvalue weighted by Crippen LogP contribution is 2.20. The van der Waals surface area contributed by atoms with Crippen LogP contribution in [0.25, 0.3) is 0 Å². The molecule has 1 saturated heterocycles. The highest BCUT2D eigenvalue weighted by Gasteiger charge is 2.12. The lowest BCUT2D eigenvalue weighted by Crippen LogP contribution is -2.40. The van der Waals surface area contributed by atoms with Crippen molar-refractivity contribution < 1.29 is 4.79 Å². The van der Waals surface area contributed by atoms with Gasteiger partial charge in [-0.2, -0.15) is 0 Å². The maximum atomic E-state index is 11.9. The Morgan fingerprint density at radius 1 is 1.11 bits per heavy atom. The third kappa shape index (κ3) is 7.06. The molecule has 0 saturated carbocycles. The Labute approximate surface area is 170 Å². The van der Waals surface area contributed by atoms with E-state index in [0.717, 1.165) is 45.0 Å². The fourth-order valence-corrected chi connectivity index (χ4v) is 3.29. The van der Waals surface area contributed by atoms with Crippen LogP contribution in [-0.2, 0) is 11.3 Å². The molecule has 0 bridgehead atoms. The summed E-state index contributed by atoms with van der Waals surface area (Å²) in [5, 5.41) is 3.40. The Balaban J connectivity index is 1.99. The smallest absolute Gasteiger partial charge is 0.243 e. The molecule has 28 heavy (non-hydrogen) atoms. The number of nitrogens with zero attached hydrogens (tertiary/aromatic N) is 4. The van der Waals surface area contributed by atoms with Crippen molar-refractivity contribution in [1.82, 2.24) is 15.1 Å². The number of carbonyl (C=O) groups is 1. The standard InChI is InChI=1S/C22H37N5O/c1-5-6-14-23-22(24-17-21(28)25(2)3)26(4)18-19-10-12-20(13-11-19)27-15-8-7-9-16-27/h10-13H,5-9,14-18H2,1-4H3,(H,23,24). The number of aliphatic imine (C=N–C) groups is 1. The number of amides is 1. The lowest BCUT2D eigenvalue weighted by atomic mass is 10.1. The molecule has 6 nitrogen and oxygen atoms in total. The van der Waals surface area contributed by atoms with Crippen LogP contribution in [0.2, 0.25) is 0 Å². The lowest BCUT2D eigenvalue weighted by Gasteiger charge is -2.29. The number of hydrogen-bond acceptors (Lipinski definition) is 3. The van der Waals surface area contributed by atoms with E-state index < -0.39 is 0 Å². The molecule has 1 fully saturated rings. The maximum Gasteiger partial charge on any atom is 0.243 e. The van der Waals surface area contributed by atoms with Gasteiger partial charge < -0.3 is 20.0 Å². The molecule has 1 aliphatic heterocycles. The molecule has 1 N–H and O–H groups in total. The van der Waals surface area contributed by atoms with Gasteiger partial charge in [0.25, 0.3) is 0 Å². The molecule has 0 atom stereocenters. The molecule has 0 aromatic heterocycles. The van der Waals surface area contributed by atoms with E-state index in [0.29, 0.717) is 0 Å². The lowest BCUT2D eigenvalue weighted by molar-refractivity contribution is -0.127. The van der Waals surface area contributed by atoms with Crippen molar-refractivity contribution >= 4 is 17.6 Å². The SMILES string of the molecule is CCCCNC(=NCC(=O)N(C)C)N(C)Cc1ccc(N2CCCCC2)cc1. The molecule has 0 aliphatic carbocycles. The fourth-order valence-electron chi connectivity index (χ4n) is 3.29. The number of unbranched alkanes of at least 4 members (excludes halogenated alkanes) is 1. The topological polar surface area (TPSA) is 51.2 Å². The van der Waals surface area contributed by atoms with Gasteiger partial charge in [0.05, 0.1) is 0 Å². The summed E-state index contributed by atoms with van der Waals surface area (Å²) < 4.78 is 0. The van der Waals surface area contributed by atoms with Gasteiger partial charge in [-0.25, -0.2) is 4.99 Å². The first-order valence-corrected chi connectivity index (χ1v) is 10.5. The van der Waals surface area contributed by atoms with Gasteiger partial charge in [-0.05, 0) is 43.4 Å². The average molecular weight is 388 g/mol. The third-order valence-corrected chi connectivity index (χ3v) is 5.12. The molecule has 0 radical (unpaired) electrons. The molecular formula is C22H37N5O. The second-order valence-corrected chi connectivity index (χ2v) is 7.78. The first-order chi connectivity index (χ1) is 13.5. The number of guanidine groups is 1. The van der Waals surface area contributed by atoms with Gasteiger partial charge in [0.1, 0.15) is 6.54 Å². The highest BCUT2D eigenvalue weighted by molar-refractivity contribution is 5.84. The van der Waals surface area contributed by atoms with Gasteiger partial charge >= 0.3 is 0 Å². The van der Waals surface area contributed by atoms with E-state index in [1.165, 1.54) is 30.5 Å². The number of rotatable bonds is 8. The molecule has 156 valence electrons. The number of hydrogen-bond donors (Lipinski definition) is 1. The Kier molecular flexibility index (Phi) is 9.11. The van der Waals surface area contributed by atoms with E-state index in [1.54, 1.807) is 19.0 Å². The van der Waals surface area contributed by atoms with Crippen molar-refractivity contribution in [1.29, 1.82) is 0 Å². The molecule has 0 spiro atoms. The van der Waals surface area contributed by atoms with Crippen molar-refractivity contribution in [3.05, 3.63) is 29.8 Å². The van der Waals surface area contributed by atoms with Crippen molar-refractivity contribution in [2.45, 2.75) is 45.6 Å². The summed E-state index contributed by atoms with van der Waals surface area (Å²) in [4.78, 5) is 22.6. The van der Waals surface area contributed by atoms with Gasteiger partial charge in [0.2, 0.25) is 5.91 Å². The molecule has 1 amide bonds. The van der Waals surface area contributed by atoms with E-state index in [2.05, 4.69) is 51.3 Å². The van der Waals surface area contributed by atoms with Crippen LogP contribution < -0.4 is 10.2 Å². The number of piperidine rings is 1. The van der Waals surface area contributed by atoms with Crippen LogP contribution in [0.1, 0.15) is 44.6 Å². The van der Waals surface area contributed by atoms with E-state index >= 15 is 0 Å². The Morgan fingerprint density at radius 3 is 2.39 bits per heavy atom. The molecular weight excluding hydrogens is 350 g/mol. The minimum Gasteiger partial charge on any atom is -0.372 e. The summed E-state index contributed by atoms with van der Waals surface area (Å²) >= 11 is 0. The summed E-state index contributed by atoms with van der Waals surface area (Å²) in [6.07, 6.45) is 6.14. The summed E-state index contributed by atoms with van der Waals surface area (Å²) in [6.45, 7) is 6.29. The van der Waals surface area contributed by atoms with Crippen molar-refractivity contribution in [2.24, 2.45) is 4.99 Å². The van der Waals surface area contributed by atoms with Crippen LogP contribution in [0.4, 0.5) is 5.69 Å². The first-order valence-electron chi connectivity index (χ1n) is 10.5. The minimum atomic E-state index is 0.00840. The third-order valence-electron chi connectivity index (χ3n) is 5.12. The van der Waals surface area contributed by atoms with Gasteiger partial charge in [-0.1, -0.05) is 25.5 Å². The Morgan fingerprint density at radius 2 is 1.79 bits per heavy atom. The monoisotopic (exact) mass is 387 g/mol. The molecule has 1 aliphatic rings. The molecule has 1 aromatic carbocycles. The van der Waals surface area contributed by atoms with Crippen molar-refractivity contribution in [3.63, 3.8) is 0 Å². The van der Waals surface area contributed by atoms with Crippen molar-refractivity contribution in [3.8, 4) is 0 Å². The van der Waals surface area contributed by atoms with Crippen LogP contribution in [0.3, 0.4) is 0 Å². The van der Waals surface area contributed by atoms with E-state index in [1.807, 2.05) is 7.05 Å². The zero-order valence-corrected chi connectivity index (χ0v) is 18.1. The summed E-state index contributed by atoms with van der Waals surface area (Å²) in [6, 6.07) is 8.86. The quantitative estimate of drug-likeness (QED) is 0.423. The van der Waals surface area contributed by atoms with Crippen LogP contribution in [0.15, 0.2) is 29.3 Å². The average Bonchev–Trinajstić information content (AvgIpc) is 2.71. The zero-order chi connectivity index (χ0) is 20.4. The minimum absolute atomic E-state index is 0.00840. The zero-order valence-electron chi connectivity index (χ0n) is 18.1. The second-order valence-electron chi connectivity index (χ2n) is 7.78. The largest absolute Gasteiger partial charge is 0.372 e. The second kappa shape index (κ2) is 11.6. The number of carbonyl (C=O) groups excluding carboxylic acids is 1. The first kappa shape index (κ1) is 22.1. The number of anilines is 1. The van der Waals surface area contributed by atoms with E-state index in [9.17, 15) is 4.79 Å². The molecule has 1 heterocycles. The summed E-state index contributed by atoms with van der Waals surface area (Å²) in [5.41, 5.74) is 2.56. The van der Waals surface area contributed by atoms with Gasteiger partial charge in [0.15, 0.2) is 5.96 Å². The fraction of sp³-hybridized carbons (Fsp3) is 0.636. The molecule has 6 heteroatoms. The highest BCUT2D eigenvalue weighted by atomic mass is 16.2. The van der Waals surface area contributed by atoms with Gasteiger partial charge in [-0.3, -0.25) is 4.79 Å². The molecule has 1 aromatic rings. The van der Waals surface area contributed by atoms with Gasteiger partial charge in [-0.15, -0.1) is 0 Å². The Hall–Kier alpha value is -2.24. The van der Waals surface area contributed by atoms with Crippen molar-refractivity contribution in [2.75, 3.05) is 52.2 Å². The Bertz CT molecular complexity index is 620. The summed E-state index contributed by atoms with van der Waals surface area (Å²) in [5.74, 6) is 0.790. The van der Waals surface area contributed by atoms with Crippen LogP contribution in [0, 0.1) is 0 Å². The molecule has 2 rings (SSSR count). The van der Waals surface area contributed by atoms with Gasteiger partial charge in [0, 0.05) is 53.0 Å².